The van der Waals surface area contributed by atoms with Crippen molar-refractivity contribution < 1.29 is 23.2 Å². The average molecular weight is 475 g/mol. The molecule has 0 amide bonds. The van der Waals surface area contributed by atoms with E-state index in [-0.39, 0.29) is 27.9 Å². The number of carbonyl (C=O) groups excluding carboxylic acids is 1. The number of Topliss-reactive ketones (excluding diaryl/α,β-unsaturated/α-hetero) is 1. The number of oxime groups is 1. The first-order valence-electron chi connectivity index (χ1n) is 10.3. The molecule has 170 valence electrons. The van der Waals surface area contributed by atoms with E-state index in [4.69, 9.17) is 4.84 Å². The van der Waals surface area contributed by atoms with Gasteiger partial charge >= 0.3 is 0 Å². The maximum absolute atomic E-state index is 12.7. The second kappa shape index (κ2) is 10.3. The number of allylic oxidation sites excluding steroid dienone is 2. The molecule has 1 aliphatic rings. The molecule has 1 aliphatic carbocycles. The largest absolute Gasteiger partial charge is 0.511 e. The van der Waals surface area contributed by atoms with E-state index in [1.165, 1.54) is 18.0 Å². The highest BCUT2D eigenvalue weighted by molar-refractivity contribution is 7.99. The molecule has 9 heteroatoms. The van der Waals surface area contributed by atoms with Gasteiger partial charge in [0.2, 0.25) is 0 Å². The van der Waals surface area contributed by atoms with Crippen LogP contribution in [0.1, 0.15) is 44.6 Å². The molecule has 0 saturated heterocycles. The van der Waals surface area contributed by atoms with Gasteiger partial charge < -0.3 is 9.94 Å². The Labute approximate surface area is 192 Å². The summed E-state index contributed by atoms with van der Waals surface area (Å²) in [6.45, 7) is 4.08. The Morgan fingerprint density at radius 1 is 1.19 bits per heavy atom. The van der Waals surface area contributed by atoms with Gasteiger partial charge in [-0.2, -0.15) is 0 Å². The van der Waals surface area contributed by atoms with Crippen LogP contribution in [-0.2, 0) is 19.5 Å². The van der Waals surface area contributed by atoms with Crippen LogP contribution in [0.3, 0.4) is 0 Å². The summed E-state index contributed by atoms with van der Waals surface area (Å²) in [6.07, 6.45) is 3.67. The van der Waals surface area contributed by atoms with E-state index in [1.54, 1.807) is 12.1 Å². The minimum atomic E-state index is -3.27. The highest BCUT2D eigenvalue weighted by atomic mass is 32.2. The fourth-order valence-corrected chi connectivity index (χ4v) is 4.78. The fourth-order valence-electron chi connectivity index (χ4n) is 3.46. The van der Waals surface area contributed by atoms with Gasteiger partial charge in [0.1, 0.15) is 17.4 Å². The summed E-state index contributed by atoms with van der Waals surface area (Å²) >= 11 is 1.42. The molecule has 1 atom stereocenters. The summed E-state index contributed by atoms with van der Waals surface area (Å²) in [6, 6.07) is 11.0. The van der Waals surface area contributed by atoms with Crippen LogP contribution in [0.2, 0.25) is 0 Å². The molecule has 1 aromatic heterocycles. The topological polar surface area (TPSA) is 106 Å². The molecule has 0 bridgehead atoms. The predicted octanol–water partition coefficient (Wildman–Crippen LogP) is 4.70. The molecule has 2 aromatic rings. The second-order valence-electron chi connectivity index (χ2n) is 7.43. The lowest BCUT2D eigenvalue weighted by atomic mass is 9.81. The molecule has 0 spiro atoms. The lowest BCUT2D eigenvalue weighted by Gasteiger charge is -2.24. The van der Waals surface area contributed by atoms with Crippen molar-refractivity contribution in [1.82, 2.24) is 4.98 Å². The molecule has 1 N–H and O–H groups in total. The minimum absolute atomic E-state index is 0.0557. The molecule has 0 radical (unpaired) electrons. The van der Waals surface area contributed by atoms with Crippen LogP contribution in [0.25, 0.3) is 0 Å². The zero-order valence-electron chi connectivity index (χ0n) is 18.2. The van der Waals surface area contributed by atoms with Crippen molar-refractivity contribution in [3.8, 4) is 0 Å². The highest BCUT2D eigenvalue weighted by Gasteiger charge is 2.31. The van der Waals surface area contributed by atoms with E-state index in [2.05, 4.69) is 10.1 Å². The summed E-state index contributed by atoms with van der Waals surface area (Å²) in [5.74, 6) is -0.185. The number of carbonyl (C=O) groups is 1. The molecular formula is C23H26N2O5S2. The summed E-state index contributed by atoms with van der Waals surface area (Å²) in [7, 11) is -3.27. The quantitative estimate of drug-likeness (QED) is 0.437. The van der Waals surface area contributed by atoms with Crippen LogP contribution in [0, 0.1) is 0 Å². The van der Waals surface area contributed by atoms with E-state index in [0.717, 1.165) is 16.7 Å². The van der Waals surface area contributed by atoms with Gasteiger partial charge in [-0.1, -0.05) is 36.0 Å². The Kier molecular flexibility index (Phi) is 7.73. The molecule has 7 nitrogen and oxygen atoms in total. The lowest BCUT2D eigenvalue weighted by molar-refractivity contribution is -0.116. The summed E-state index contributed by atoms with van der Waals surface area (Å²) in [5.41, 5.74) is 1.73. The van der Waals surface area contributed by atoms with E-state index >= 15 is 0 Å². The fraction of sp³-hybridized carbons (Fsp3) is 0.348. The third-order valence-corrected chi connectivity index (χ3v) is 7.13. The molecule has 32 heavy (non-hydrogen) atoms. The zero-order valence-corrected chi connectivity index (χ0v) is 19.9. The minimum Gasteiger partial charge on any atom is -0.511 e. The van der Waals surface area contributed by atoms with Crippen LogP contribution in [0.4, 0.5) is 0 Å². The maximum Gasteiger partial charge on any atom is 0.177 e. The second-order valence-corrected chi connectivity index (χ2v) is 10.5. The molecule has 1 unspecified atom stereocenters. The van der Waals surface area contributed by atoms with E-state index in [0.29, 0.717) is 36.6 Å². The van der Waals surface area contributed by atoms with E-state index < -0.39 is 9.84 Å². The number of pyridine rings is 1. The van der Waals surface area contributed by atoms with Crippen molar-refractivity contribution in [1.29, 1.82) is 0 Å². The van der Waals surface area contributed by atoms with Gasteiger partial charge in [0.05, 0.1) is 16.2 Å². The van der Waals surface area contributed by atoms with Crippen molar-refractivity contribution >= 4 is 33.1 Å². The number of benzene rings is 1. The Morgan fingerprint density at radius 3 is 2.44 bits per heavy atom. The summed E-state index contributed by atoms with van der Waals surface area (Å²) in [5, 5.41) is 15.2. The van der Waals surface area contributed by atoms with Gasteiger partial charge in [0, 0.05) is 30.2 Å². The van der Waals surface area contributed by atoms with Crippen LogP contribution >= 0.6 is 11.8 Å². The van der Waals surface area contributed by atoms with Crippen molar-refractivity contribution in [3.63, 3.8) is 0 Å². The van der Waals surface area contributed by atoms with Gasteiger partial charge in [-0.25, -0.2) is 13.4 Å². The number of hydrogen-bond acceptors (Lipinski definition) is 8. The number of hydrogen-bond donors (Lipinski definition) is 1. The number of nitrogens with zero attached hydrogens (tertiary/aromatic N) is 2. The van der Waals surface area contributed by atoms with Crippen LogP contribution in [0.15, 0.2) is 73.9 Å². The molecule has 1 heterocycles. The van der Waals surface area contributed by atoms with Crippen molar-refractivity contribution in [2.24, 2.45) is 5.16 Å². The monoisotopic (exact) mass is 474 g/mol. The van der Waals surface area contributed by atoms with Crippen molar-refractivity contribution in [2.75, 3.05) is 12.9 Å². The molecule has 0 saturated carbocycles. The lowest BCUT2D eigenvalue weighted by Crippen LogP contribution is -2.23. The highest BCUT2D eigenvalue weighted by Crippen LogP contribution is 2.36. The Balaban J connectivity index is 1.72. The number of rotatable bonds is 8. The Morgan fingerprint density at radius 2 is 1.91 bits per heavy atom. The standard InChI is InChI=1S/C23H26N2O5S2/c1-4-19(25-30-5-2)23-20(26)12-16(13-21(23)27)15-6-8-17(9-7-15)31-22-11-10-18(14-24-22)32(3,28)29/h6-11,14,16,26H,4-5,12-13H2,1-3H3/b25-19-. The van der Waals surface area contributed by atoms with Gasteiger partial charge in [-0.3, -0.25) is 4.79 Å². The number of aromatic nitrogens is 1. The molecule has 3 rings (SSSR count). The third-order valence-electron chi connectivity index (χ3n) is 5.08. The first-order valence-corrected chi connectivity index (χ1v) is 13.0. The smallest absolute Gasteiger partial charge is 0.177 e. The summed E-state index contributed by atoms with van der Waals surface area (Å²) in [4.78, 5) is 23.2. The number of ketones is 1. The van der Waals surface area contributed by atoms with Gasteiger partial charge in [-0.05, 0) is 49.1 Å². The third kappa shape index (κ3) is 5.77. The Hall–Kier alpha value is -2.65. The van der Waals surface area contributed by atoms with Gasteiger partial charge in [-0.15, -0.1) is 0 Å². The summed E-state index contributed by atoms with van der Waals surface area (Å²) < 4.78 is 23.1. The SMILES string of the molecule is CCO/N=C(/CC)C1=C(O)CC(c2ccc(Sc3ccc(S(C)(=O)=O)cn3)cc2)CC1=O. The molecular weight excluding hydrogens is 448 g/mol. The molecule has 0 fully saturated rings. The number of sulfone groups is 1. The first kappa shape index (κ1) is 24.0. The van der Waals surface area contributed by atoms with Crippen molar-refractivity contribution in [2.45, 2.75) is 53.8 Å². The van der Waals surface area contributed by atoms with E-state index in [9.17, 15) is 18.3 Å². The van der Waals surface area contributed by atoms with Crippen LogP contribution < -0.4 is 0 Å². The predicted molar refractivity (Wildman–Crippen MR) is 124 cm³/mol. The van der Waals surface area contributed by atoms with Crippen LogP contribution in [-0.4, -0.2) is 42.9 Å². The van der Waals surface area contributed by atoms with Gasteiger partial charge in [0.15, 0.2) is 15.6 Å². The first-order chi connectivity index (χ1) is 15.2. The molecule has 1 aromatic carbocycles. The normalized spacial score (nSPS) is 17.5. The molecule has 0 aliphatic heterocycles. The van der Waals surface area contributed by atoms with Gasteiger partial charge in [0.25, 0.3) is 0 Å². The maximum atomic E-state index is 12.7. The van der Waals surface area contributed by atoms with E-state index in [1.807, 2.05) is 38.1 Å². The zero-order chi connectivity index (χ0) is 23.3. The van der Waals surface area contributed by atoms with Crippen molar-refractivity contribution in [3.05, 3.63) is 59.5 Å². The number of aliphatic hydroxyl groups is 1. The number of aliphatic hydroxyl groups excluding tert-OH is 1. The van der Waals surface area contributed by atoms with Crippen LogP contribution in [0.5, 0.6) is 0 Å². The average Bonchev–Trinajstić information content (AvgIpc) is 2.75. The Bertz CT molecular complexity index is 1140.